The van der Waals surface area contributed by atoms with Gasteiger partial charge >= 0.3 is 7.60 Å². The van der Waals surface area contributed by atoms with Crippen molar-refractivity contribution >= 4 is 29.9 Å². The molecule has 1 aromatic heterocycles. The second-order valence-electron chi connectivity index (χ2n) is 5.55. The molecule has 9 heteroatoms. The van der Waals surface area contributed by atoms with Crippen LogP contribution in [0.25, 0.3) is 10.9 Å². The Morgan fingerprint density at radius 2 is 1.77 bits per heavy atom. The quantitative estimate of drug-likeness (QED) is 0.353. The fraction of sp³-hybridized carbons (Fsp3) is 0.176. The Kier molecular flexibility index (Phi) is 5.08. The summed E-state index contributed by atoms with van der Waals surface area (Å²) in [6.07, 6.45) is 1.75. The molecule has 0 fully saturated rings. The van der Waals surface area contributed by atoms with Crippen molar-refractivity contribution < 1.29 is 18.5 Å². The van der Waals surface area contributed by atoms with Crippen LogP contribution in [0.5, 0.6) is 0 Å². The third kappa shape index (κ3) is 3.35. The highest BCUT2D eigenvalue weighted by Gasteiger charge is 2.37. The van der Waals surface area contributed by atoms with Crippen molar-refractivity contribution in [2.24, 2.45) is 0 Å². The maximum Gasteiger partial charge on any atom is 0.356 e. The molecule has 0 unspecified atom stereocenters. The van der Waals surface area contributed by atoms with Gasteiger partial charge in [0, 0.05) is 54.7 Å². The van der Waals surface area contributed by atoms with Crippen molar-refractivity contribution in [2.45, 2.75) is 5.78 Å². The van der Waals surface area contributed by atoms with Crippen molar-refractivity contribution in [2.75, 3.05) is 19.5 Å². The molecule has 136 valence electrons. The number of fused-ring (bicyclic) bond motifs is 1. The second kappa shape index (κ2) is 7.29. The zero-order chi connectivity index (χ0) is 18.7. The predicted octanol–water partition coefficient (Wildman–Crippen LogP) is 4.67. The van der Waals surface area contributed by atoms with Crippen molar-refractivity contribution in [3.05, 3.63) is 70.4 Å². The van der Waals surface area contributed by atoms with Crippen molar-refractivity contribution in [1.29, 1.82) is 0 Å². The summed E-state index contributed by atoms with van der Waals surface area (Å²) in [5.41, 5.74) is 2.13. The number of nitrogens with one attached hydrogen (secondary N) is 2. The van der Waals surface area contributed by atoms with Gasteiger partial charge in [-0.15, -0.1) is 0 Å². The molecule has 0 aliphatic rings. The number of rotatable bonds is 7. The minimum absolute atomic E-state index is 0.0270. The highest BCUT2D eigenvalue weighted by atomic mass is 31.2. The van der Waals surface area contributed by atoms with E-state index in [0.717, 1.165) is 10.9 Å². The normalized spacial score (nSPS) is 12.8. The first-order valence-corrected chi connectivity index (χ1v) is 9.38. The Balaban J connectivity index is 2.04. The molecule has 0 bridgehead atoms. The molecule has 0 saturated carbocycles. The lowest BCUT2D eigenvalue weighted by Gasteiger charge is -2.26. The molecule has 0 saturated heterocycles. The second-order valence-corrected chi connectivity index (χ2v) is 7.87. The number of hydrogen-bond donors (Lipinski definition) is 2. The number of para-hydroxylation sites is 1. The van der Waals surface area contributed by atoms with Crippen LogP contribution in [0, 0.1) is 10.1 Å². The van der Waals surface area contributed by atoms with E-state index in [0.29, 0.717) is 11.3 Å². The van der Waals surface area contributed by atoms with Crippen molar-refractivity contribution in [1.82, 2.24) is 4.98 Å². The third-order valence-electron chi connectivity index (χ3n) is 4.12. The topological polar surface area (TPSA) is 106 Å². The molecule has 0 amide bonds. The Hall–Kier alpha value is -2.67. The van der Waals surface area contributed by atoms with Crippen LogP contribution in [0.2, 0.25) is 0 Å². The average molecular weight is 375 g/mol. The van der Waals surface area contributed by atoms with Gasteiger partial charge in [0.25, 0.3) is 5.69 Å². The van der Waals surface area contributed by atoms with Gasteiger partial charge in [0.15, 0.2) is 5.78 Å². The van der Waals surface area contributed by atoms with Crippen LogP contribution in [0.15, 0.2) is 54.7 Å². The molecule has 3 aromatic rings. The van der Waals surface area contributed by atoms with E-state index in [4.69, 9.17) is 9.05 Å². The third-order valence-corrected chi connectivity index (χ3v) is 6.18. The maximum absolute atomic E-state index is 13.1. The Morgan fingerprint density at radius 1 is 1.12 bits per heavy atom. The van der Waals surface area contributed by atoms with Crippen LogP contribution in [0.3, 0.4) is 0 Å². The van der Waals surface area contributed by atoms with Crippen LogP contribution >= 0.6 is 7.60 Å². The van der Waals surface area contributed by atoms with E-state index in [1.165, 1.54) is 26.4 Å². The smallest absolute Gasteiger partial charge is 0.356 e. The fourth-order valence-electron chi connectivity index (χ4n) is 2.77. The van der Waals surface area contributed by atoms with E-state index in [-0.39, 0.29) is 5.69 Å². The summed E-state index contributed by atoms with van der Waals surface area (Å²) in [7, 11) is -0.900. The van der Waals surface area contributed by atoms with Crippen LogP contribution in [0.4, 0.5) is 11.4 Å². The van der Waals surface area contributed by atoms with E-state index in [1.807, 2.05) is 24.3 Å². The van der Waals surface area contributed by atoms with Crippen LogP contribution in [-0.4, -0.2) is 24.1 Å². The number of benzene rings is 2. The summed E-state index contributed by atoms with van der Waals surface area (Å²) in [6, 6.07) is 13.4. The van der Waals surface area contributed by atoms with Crippen LogP contribution < -0.4 is 5.32 Å². The van der Waals surface area contributed by atoms with Crippen LogP contribution in [0.1, 0.15) is 11.3 Å². The van der Waals surface area contributed by atoms with E-state index < -0.39 is 18.3 Å². The van der Waals surface area contributed by atoms with Gasteiger partial charge in [-0.2, -0.15) is 0 Å². The molecule has 0 radical (unpaired) electrons. The number of nitro groups is 1. The first kappa shape index (κ1) is 18.1. The van der Waals surface area contributed by atoms with Gasteiger partial charge in [-0.25, -0.2) is 0 Å². The predicted molar refractivity (Wildman–Crippen MR) is 99.4 cm³/mol. The standard InChI is InChI=1S/C17H18N3O5P/c1-24-26(23,25-2)17(15-11-18-16-6-4-3-5-14(15)16)19-12-7-9-13(10-8-12)20(21)22/h3-11,17-19H,1-2H3/t17-/m1/s1. The highest BCUT2D eigenvalue weighted by Crippen LogP contribution is 2.60. The molecule has 0 aliphatic heterocycles. The molecule has 2 N–H and O–H groups in total. The zero-order valence-electron chi connectivity index (χ0n) is 14.2. The van der Waals surface area contributed by atoms with Gasteiger partial charge in [-0.1, -0.05) is 18.2 Å². The summed E-state index contributed by atoms with van der Waals surface area (Å²) in [5, 5.41) is 14.8. The number of aromatic amines is 1. The first-order chi connectivity index (χ1) is 12.5. The van der Waals surface area contributed by atoms with Crippen molar-refractivity contribution in [3.63, 3.8) is 0 Å². The molecule has 0 aliphatic carbocycles. The number of nitrogens with zero attached hydrogens (tertiary/aromatic N) is 1. The number of H-pyrrole nitrogens is 1. The van der Waals surface area contributed by atoms with E-state index in [9.17, 15) is 14.7 Å². The Bertz CT molecular complexity index is 962. The molecule has 8 nitrogen and oxygen atoms in total. The molecular weight excluding hydrogens is 357 g/mol. The molecular formula is C17H18N3O5P. The molecule has 26 heavy (non-hydrogen) atoms. The first-order valence-electron chi connectivity index (χ1n) is 7.76. The highest BCUT2D eigenvalue weighted by molar-refractivity contribution is 7.54. The molecule has 1 atom stereocenters. The lowest BCUT2D eigenvalue weighted by atomic mass is 10.1. The Morgan fingerprint density at radius 3 is 2.38 bits per heavy atom. The summed E-state index contributed by atoms with van der Waals surface area (Å²) in [5.74, 6) is -0.796. The minimum Gasteiger partial charge on any atom is -0.368 e. The Labute approximate surface area is 149 Å². The average Bonchev–Trinajstić information content (AvgIpc) is 3.09. The monoisotopic (exact) mass is 375 g/mol. The summed E-state index contributed by atoms with van der Waals surface area (Å²) in [6.45, 7) is 0. The van der Waals surface area contributed by atoms with Gasteiger partial charge in [-0.3, -0.25) is 14.7 Å². The number of anilines is 1. The lowest BCUT2D eigenvalue weighted by Crippen LogP contribution is -2.13. The van der Waals surface area contributed by atoms with Gasteiger partial charge in [0.05, 0.1) is 4.92 Å². The number of non-ortho nitro benzene ring substituents is 1. The number of aromatic nitrogens is 1. The van der Waals surface area contributed by atoms with Crippen molar-refractivity contribution in [3.8, 4) is 0 Å². The van der Waals surface area contributed by atoms with E-state index >= 15 is 0 Å². The molecule has 3 rings (SSSR count). The SMILES string of the molecule is COP(=O)(OC)[C@@H](Nc1ccc([N+](=O)[O-])cc1)c1c[nH]c2ccccc12. The number of hydrogen-bond acceptors (Lipinski definition) is 6. The summed E-state index contributed by atoms with van der Waals surface area (Å²) in [4.78, 5) is 13.5. The van der Waals surface area contributed by atoms with Gasteiger partial charge in [0.1, 0.15) is 0 Å². The van der Waals surface area contributed by atoms with Crippen LogP contribution in [-0.2, 0) is 13.6 Å². The molecule has 1 heterocycles. The molecule has 0 spiro atoms. The largest absolute Gasteiger partial charge is 0.368 e. The van der Waals surface area contributed by atoms with E-state index in [2.05, 4.69) is 10.3 Å². The maximum atomic E-state index is 13.1. The van der Waals surface area contributed by atoms with E-state index in [1.54, 1.807) is 18.3 Å². The summed E-state index contributed by atoms with van der Waals surface area (Å²) >= 11 is 0. The van der Waals surface area contributed by atoms with Gasteiger partial charge in [0.2, 0.25) is 0 Å². The summed E-state index contributed by atoms with van der Waals surface area (Å²) < 4.78 is 23.6. The zero-order valence-corrected chi connectivity index (χ0v) is 15.1. The minimum atomic E-state index is -3.55. The van der Waals surface area contributed by atoms with Gasteiger partial charge in [-0.05, 0) is 18.2 Å². The number of nitro benzene ring substituents is 1. The molecule has 2 aromatic carbocycles. The fourth-order valence-corrected chi connectivity index (χ4v) is 4.20. The van der Waals surface area contributed by atoms with Gasteiger partial charge < -0.3 is 19.3 Å². The lowest BCUT2D eigenvalue weighted by molar-refractivity contribution is -0.384.